The Kier molecular flexibility index (Phi) is 53.5. The molecule has 10 aromatic carbocycles. The number of hydrogen-bond acceptors (Lipinski definition) is 16. The molecule has 0 aliphatic rings. The fraction of sp³-hybridized carbons (Fsp3) is 0.135. The van der Waals surface area contributed by atoms with Crippen molar-refractivity contribution in [2.24, 2.45) is 0 Å². The van der Waals surface area contributed by atoms with Crippen molar-refractivity contribution < 1.29 is 159 Å². The first-order valence-corrected chi connectivity index (χ1v) is 38.1. The summed E-state index contributed by atoms with van der Waals surface area (Å²) in [6, 6.07) is 95.7. The number of methoxy groups -OCH3 is 1. The first-order chi connectivity index (χ1) is 57.8. The Morgan fingerprint density at radius 2 is 0.571 bits per heavy atom. The molecule has 15 aromatic rings. The average Bonchev–Trinajstić information content (AvgIpc) is 0.825. The van der Waals surface area contributed by atoms with Gasteiger partial charge in [-0.05, 0) is 158 Å². The van der Waals surface area contributed by atoms with Crippen molar-refractivity contribution in [3.05, 3.63) is 386 Å². The van der Waals surface area contributed by atoms with Crippen LogP contribution in [0.15, 0.2) is 333 Å². The maximum absolute atomic E-state index is 13.0. The summed E-state index contributed by atoms with van der Waals surface area (Å²) in [6.45, 7) is 20.5. The third-order valence-corrected chi connectivity index (χ3v) is 16.2. The normalized spacial score (nSPS) is 10.4. The van der Waals surface area contributed by atoms with Crippen molar-refractivity contribution in [1.82, 2.24) is 24.9 Å². The maximum atomic E-state index is 13.0. The van der Waals surface area contributed by atoms with E-state index in [9.17, 15) is 28.4 Å². The third-order valence-electron chi connectivity index (χ3n) is 16.2. The number of pyridine rings is 5. The van der Waals surface area contributed by atoms with Crippen LogP contribution in [0.3, 0.4) is 0 Å². The van der Waals surface area contributed by atoms with Gasteiger partial charge in [-0.25, -0.2) is 4.39 Å². The number of aliphatic hydroxyl groups is 5. The van der Waals surface area contributed by atoms with Crippen LogP contribution in [0, 0.1) is 56.9 Å². The Morgan fingerprint density at radius 3 is 0.865 bits per heavy atom. The van der Waals surface area contributed by atoms with Crippen LogP contribution in [-0.2, 0) is 124 Å². The molecule has 5 radical (unpaired) electrons. The number of carbonyl (C=O) groups excluding carboxylic acids is 5. The van der Waals surface area contributed by atoms with Crippen LogP contribution >= 0.6 is 0 Å². The Morgan fingerprint density at radius 1 is 0.294 bits per heavy atom. The van der Waals surface area contributed by atoms with Crippen LogP contribution in [-0.4, -0.2) is 86.5 Å². The first kappa shape index (κ1) is 112. The molecule has 22 heteroatoms. The van der Waals surface area contributed by atoms with Gasteiger partial charge in [0.15, 0.2) is 28.9 Å². The van der Waals surface area contributed by atoms with Crippen LogP contribution < -0.4 is 4.74 Å². The van der Waals surface area contributed by atoms with Gasteiger partial charge in [0.05, 0.1) is 35.9 Å². The Balaban J connectivity index is 0.000000715. The topological polar surface area (TPSA) is 260 Å². The zero-order chi connectivity index (χ0) is 88.3. The molecular formula is C104H97FIr5N5O11-5. The van der Waals surface area contributed by atoms with Gasteiger partial charge < -0.3 is 55.2 Å². The number of nitrogens with zero attached hydrogens (tertiary/aromatic N) is 5. The number of hydrogen-bond donors (Lipinski definition) is 5. The molecule has 0 aliphatic carbocycles. The third kappa shape index (κ3) is 42.8. The number of rotatable bonds is 11. The summed E-state index contributed by atoms with van der Waals surface area (Å²) in [6.07, 6.45) is 15.2. The number of halogens is 1. The SMILES string of the molecule is CC(=O)C=C(C)O.CC(=O)C=C(C)O.CC(=O)C=C(C)O.CC(=O)C=C(C)O.CC(=O)C=C(C)O.COc1cc[c-]c(-c2cc3ccccc3cn2)c1.Cc1[c-]c(-c2cc3ccccc3cn2)cc(C)c1.Cc1cc[c-]c(-c2cc3ccccc3cn2)c1.Fc1ccc2cc(-c3[c-]cccc3)ncc2c1.[Ir].[Ir].[Ir].[Ir].[Ir].[c-]1ccccc1-c1cc2ccccc2cn1. The quantitative estimate of drug-likeness (QED) is 0.0458. The molecule has 661 valence electrons. The summed E-state index contributed by atoms with van der Waals surface area (Å²) >= 11 is 0. The molecule has 16 nitrogen and oxygen atoms in total. The van der Waals surface area contributed by atoms with Crippen LogP contribution in [0.5, 0.6) is 5.75 Å². The van der Waals surface area contributed by atoms with Gasteiger partial charge in [0.2, 0.25) is 0 Å². The molecule has 0 spiro atoms. The molecule has 126 heavy (non-hydrogen) atoms. The minimum absolute atomic E-state index is 0. The Hall–Kier alpha value is -11.7. The number of benzene rings is 10. The molecule has 0 saturated heterocycles. The Bertz CT molecular complexity index is 5970. The van der Waals surface area contributed by atoms with Crippen molar-refractivity contribution in [3.8, 4) is 62.0 Å². The van der Waals surface area contributed by atoms with Gasteiger partial charge >= 0.3 is 0 Å². The molecule has 0 atom stereocenters. The van der Waals surface area contributed by atoms with Gasteiger partial charge in [0.1, 0.15) is 5.82 Å². The zero-order valence-corrected chi connectivity index (χ0v) is 83.8. The minimum Gasteiger partial charge on any atom is -0.516 e. The number of aromatic nitrogens is 5. The largest absolute Gasteiger partial charge is 0.516 e. The van der Waals surface area contributed by atoms with Crippen LogP contribution in [0.2, 0.25) is 0 Å². The number of carbonyl (C=O) groups is 5. The predicted octanol–water partition coefficient (Wildman–Crippen LogP) is 24.8. The second kappa shape index (κ2) is 60.0. The first-order valence-electron chi connectivity index (χ1n) is 38.1. The number of aryl methyl sites for hydroxylation is 3. The van der Waals surface area contributed by atoms with Gasteiger partial charge in [-0.15, -0.1) is 172 Å². The van der Waals surface area contributed by atoms with Gasteiger partial charge in [-0.2, -0.15) is 0 Å². The summed E-state index contributed by atoms with van der Waals surface area (Å²) in [7, 11) is 1.66. The summed E-state index contributed by atoms with van der Waals surface area (Å²) in [5.74, 6) is 0.268. The smallest absolute Gasteiger partial charge is 0.155 e. The predicted molar refractivity (Wildman–Crippen MR) is 486 cm³/mol. The number of fused-ring (bicyclic) bond motifs is 5. The summed E-state index contributed by atoms with van der Waals surface area (Å²) in [5, 5.41) is 53.1. The van der Waals surface area contributed by atoms with Crippen LogP contribution in [0.25, 0.3) is 110 Å². The number of allylic oxidation sites excluding steroid dienone is 10. The van der Waals surface area contributed by atoms with E-state index in [0.29, 0.717) is 0 Å². The molecular weight excluding hydrogens is 2480 g/mol. The van der Waals surface area contributed by atoms with Crippen LogP contribution in [0.4, 0.5) is 4.39 Å². The zero-order valence-electron chi connectivity index (χ0n) is 71.8. The van der Waals surface area contributed by atoms with Gasteiger partial charge in [0.25, 0.3) is 0 Å². The van der Waals surface area contributed by atoms with E-state index in [1.54, 1.807) is 19.4 Å². The minimum atomic E-state index is -0.238. The van der Waals surface area contributed by atoms with E-state index < -0.39 is 0 Å². The van der Waals surface area contributed by atoms with Gasteiger partial charge in [-0.1, -0.05) is 154 Å². The molecule has 5 N–H and O–H groups in total. The number of ketones is 5. The van der Waals surface area contributed by atoms with E-state index in [1.165, 1.54) is 161 Å². The fourth-order valence-corrected chi connectivity index (χ4v) is 11.2. The van der Waals surface area contributed by atoms with Crippen molar-refractivity contribution in [2.75, 3.05) is 7.11 Å². The molecule has 0 saturated carbocycles. The standard InChI is InChI=1S/C17H14N.C16H12NO.C16H12N.C15H9FN.C15H10N.5C5H8O2.5Ir/c1-12-7-13(2)9-16(8-12)17-10-14-5-3-4-6-15(14)11-18-17;1-18-15-8-4-7-13(9-15)16-10-12-5-2-3-6-14(12)11-17-16;1-12-5-4-8-14(9-12)16-10-13-6-2-3-7-15(13)11-17-16;16-14-7-6-12-9-15(17-10-13(12)8-14)11-4-2-1-3-5-11;1-2-6-12(7-3-1)15-10-13-8-4-5-9-14(13)11-16-15;5*1-4(6)3-5(2)7;;;;;/h3-8,10-11H,1-2H3;2-6,8-11H,1H3;2-7,9-11H,1H3;1-4,6-10H;1-6,8-11H;5*3,6H,1-2H3;;;;;/q5*-1;;;;;;;;;;. The summed E-state index contributed by atoms with van der Waals surface area (Å²) < 4.78 is 18.2. The van der Waals surface area contributed by atoms with E-state index in [2.05, 4.69) is 173 Å². The fourth-order valence-electron chi connectivity index (χ4n) is 11.2. The van der Waals surface area contributed by atoms with Gasteiger partial charge in [-0.3, -0.25) is 24.0 Å². The second-order valence-electron chi connectivity index (χ2n) is 27.4. The average molecular weight is 2570 g/mol. The second-order valence-corrected chi connectivity index (χ2v) is 27.4. The van der Waals surface area contributed by atoms with E-state index in [4.69, 9.17) is 30.3 Å². The van der Waals surface area contributed by atoms with Crippen molar-refractivity contribution in [3.63, 3.8) is 0 Å². The number of ether oxygens (including phenoxy) is 1. The summed E-state index contributed by atoms with van der Waals surface area (Å²) in [4.78, 5) is 72.3. The molecule has 0 amide bonds. The van der Waals surface area contributed by atoms with E-state index >= 15 is 0 Å². The molecule has 5 heterocycles. The molecule has 0 bridgehead atoms. The van der Waals surface area contributed by atoms with Crippen LogP contribution in [0.1, 0.15) is 85.9 Å². The monoisotopic (exact) mass is 2580 g/mol. The van der Waals surface area contributed by atoms with E-state index in [1.807, 2.05) is 152 Å². The Labute approximate surface area is 804 Å². The summed E-state index contributed by atoms with van der Waals surface area (Å²) in [5.41, 5.74) is 13.4. The molecule has 5 aromatic heterocycles. The molecule has 15 rings (SSSR count). The van der Waals surface area contributed by atoms with Crippen molar-refractivity contribution in [2.45, 2.75) is 90.0 Å². The molecule has 0 aliphatic heterocycles. The number of aliphatic hydroxyl groups excluding tert-OH is 5. The van der Waals surface area contributed by atoms with Gasteiger partial charge in [0, 0.05) is 173 Å². The molecule has 0 fully saturated rings. The maximum Gasteiger partial charge on any atom is 0.155 e. The van der Waals surface area contributed by atoms with E-state index in [-0.39, 0.29) is 164 Å². The van der Waals surface area contributed by atoms with E-state index in [0.717, 1.165) is 83.8 Å². The van der Waals surface area contributed by atoms with Crippen molar-refractivity contribution >= 4 is 82.8 Å². The van der Waals surface area contributed by atoms with Crippen molar-refractivity contribution in [1.29, 1.82) is 0 Å². The molecule has 0 unspecified atom stereocenters.